The Morgan fingerprint density at radius 3 is 2.72 bits per heavy atom. The zero-order valence-electron chi connectivity index (χ0n) is 16.3. The van der Waals surface area contributed by atoms with Crippen molar-refractivity contribution in [3.63, 3.8) is 0 Å². The highest BCUT2D eigenvalue weighted by Crippen LogP contribution is 2.26. The molecule has 0 aliphatic heterocycles. The number of hydrogen-bond acceptors (Lipinski definition) is 5. The average Bonchev–Trinajstić information content (AvgIpc) is 3.13. The monoisotopic (exact) mass is 388 g/mol. The molecule has 1 unspecified atom stereocenters. The summed E-state index contributed by atoms with van der Waals surface area (Å²) in [7, 11) is 0. The second-order valence-corrected chi connectivity index (χ2v) is 7.06. The van der Waals surface area contributed by atoms with Gasteiger partial charge in [0.05, 0.1) is 31.0 Å². The van der Waals surface area contributed by atoms with Crippen LogP contribution in [0, 0.1) is 6.92 Å². The van der Waals surface area contributed by atoms with Crippen LogP contribution in [0.1, 0.15) is 11.3 Å². The molecule has 2 aromatic heterocycles. The number of aromatic nitrogens is 3. The summed E-state index contributed by atoms with van der Waals surface area (Å²) in [6, 6.07) is 17.9. The fraction of sp³-hybridized carbons (Fsp3) is 0.217. The Hall–Kier alpha value is -3.22. The first kappa shape index (κ1) is 19.1. The van der Waals surface area contributed by atoms with Crippen LogP contribution in [-0.2, 0) is 11.3 Å². The van der Waals surface area contributed by atoms with Crippen LogP contribution < -0.4 is 10.5 Å². The van der Waals surface area contributed by atoms with Crippen molar-refractivity contribution in [3.8, 4) is 16.9 Å². The molecular formula is C23H24N4O2. The Morgan fingerprint density at radius 1 is 1.00 bits per heavy atom. The van der Waals surface area contributed by atoms with E-state index in [1.807, 2.05) is 61.7 Å². The zero-order chi connectivity index (χ0) is 20.1. The van der Waals surface area contributed by atoms with Gasteiger partial charge >= 0.3 is 0 Å². The van der Waals surface area contributed by atoms with Crippen LogP contribution in [0.25, 0.3) is 22.0 Å². The number of H-pyrrole nitrogens is 1. The summed E-state index contributed by atoms with van der Waals surface area (Å²) >= 11 is 0. The number of rotatable bonds is 8. The first-order valence-corrected chi connectivity index (χ1v) is 9.59. The molecule has 29 heavy (non-hydrogen) atoms. The molecule has 2 heterocycles. The Balaban J connectivity index is 1.34. The molecule has 0 spiro atoms. The van der Waals surface area contributed by atoms with Gasteiger partial charge in [-0.25, -0.2) is 0 Å². The number of nitrogens with one attached hydrogen (secondary N) is 1. The highest BCUT2D eigenvalue weighted by molar-refractivity contribution is 5.86. The predicted molar refractivity (Wildman–Crippen MR) is 114 cm³/mol. The molecule has 6 heteroatoms. The molecule has 1 atom stereocenters. The molecule has 0 aliphatic carbocycles. The van der Waals surface area contributed by atoms with Gasteiger partial charge < -0.3 is 15.2 Å². The maximum atomic E-state index is 6.12. The lowest BCUT2D eigenvalue weighted by molar-refractivity contribution is 0.0935. The van der Waals surface area contributed by atoms with E-state index in [-0.39, 0.29) is 6.04 Å². The summed E-state index contributed by atoms with van der Waals surface area (Å²) in [4.78, 5) is 4.31. The van der Waals surface area contributed by atoms with Crippen LogP contribution in [0.4, 0.5) is 0 Å². The normalized spacial score (nSPS) is 12.2. The lowest BCUT2D eigenvalue weighted by Crippen LogP contribution is -2.32. The van der Waals surface area contributed by atoms with Crippen LogP contribution in [0.15, 0.2) is 67.0 Å². The summed E-state index contributed by atoms with van der Waals surface area (Å²) in [5, 5.41) is 8.39. The minimum atomic E-state index is -0.215. The predicted octanol–water partition coefficient (Wildman–Crippen LogP) is 3.86. The molecule has 4 rings (SSSR count). The number of aromatic amines is 1. The van der Waals surface area contributed by atoms with Crippen molar-refractivity contribution in [1.82, 2.24) is 15.2 Å². The molecule has 0 radical (unpaired) electrons. The van der Waals surface area contributed by atoms with Gasteiger partial charge in [0.25, 0.3) is 0 Å². The van der Waals surface area contributed by atoms with E-state index in [2.05, 4.69) is 21.2 Å². The summed E-state index contributed by atoms with van der Waals surface area (Å²) in [5.41, 5.74) is 11.3. The SMILES string of the molecule is Cc1[nH]nc2ccc(-c3cncc(OCC(N)COCc4ccccc4)c3)cc12. The Bertz CT molecular complexity index is 1080. The summed E-state index contributed by atoms with van der Waals surface area (Å²) < 4.78 is 11.5. The van der Waals surface area contributed by atoms with Crippen molar-refractivity contribution in [3.05, 3.63) is 78.2 Å². The lowest BCUT2D eigenvalue weighted by Gasteiger charge is -2.14. The van der Waals surface area contributed by atoms with Crippen molar-refractivity contribution < 1.29 is 9.47 Å². The molecule has 0 saturated heterocycles. The number of nitrogens with zero attached hydrogens (tertiary/aromatic N) is 2. The van der Waals surface area contributed by atoms with E-state index in [1.165, 1.54) is 0 Å². The second kappa shape index (κ2) is 8.86. The van der Waals surface area contributed by atoms with E-state index in [0.717, 1.165) is 33.3 Å². The summed E-state index contributed by atoms with van der Waals surface area (Å²) in [6.45, 7) is 3.35. The van der Waals surface area contributed by atoms with Crippen molar-refractivity contribution in [2.45, 2.75) is 19.6 Å². The van der Waals surface area contributed by atoms with Gasteiger partial charge in [0.1, 0.15) is 12.4 Å². The first-order chi connectivity index (χ1) is 14.2. The second-order valence-electron chi connectivity index (χ2n) is 7.06. The molecule has 2 aromatic carbocycles. The van der Waals surface area contributed by atoms with Crippen molar-refractivity contribution >= 4 is 10.9 Å². The van der Waals surface area contributed by atoms with Crippen molar-refractivity contribution in [2.75, 3.05) is 13.2 Å². The topological polar surface area (TPSA) is 86.0 Å². The highest BCUT2D eigenvalue weighted by atomic mass is 16.5. The van der Waals surface area contributed by atoms with Gasteiger partial charge in [-0.3, -0.25) is 10.1 Å². The van der Waals surface area contributed by atoms with Crippen LogP contribution in [0.2, 0.25) is 0 Å². The molecular weight excluding hydrogens is 364 g/mol. The molecule has 0 bridgehead atoms. The van der Waals surface area contributed by atoms with Crippen LogP contribution in [0.3, 0.4) is 0 Å². The van der Waals surface area contributed by atoms with Gasteiger partial charge in [-0.2, -0.15) is 5.10 Å². The van der Waals surface area contributed by atoms with Crippen molar-refractivity contribution in [1.29, 1.82) is 0 Å². The first-order valence-electron chi connectivity index (χ1n) is 9.59. The van der Waals surface area contributed by atoms with E-state index in [4.69, 9.17) is 15.2 Å². The summed E-state index contributed by atoms with van der Waals surface area (Å²) in [6.07, 6.45) is 3.52. The fourth-order valence-electron chi connectivity index (χ4n) is 3.13. The van der Waals surface area contributed by atoms with Crippen LogP contribution in [-0.4, -0.2) is 34.4 Å². The van der Waals surface area contributed by atoms with E-state index < -0.39 is 0 Å². The van der Waals surface area contributed by atoms with E-state index in [0.29, 0.717) is 25.6 Å². The number of aryl methyl sites for hydroxylation is 1. The zero-order valence-corrected chi connectivity index (χ0v) is 16.3. The molecule has 148 valence electrons. The molecule has 4 aromatic rings. The van der Waals surface area contributed by atoms with Crippen LogP contribution >= 0.6 is 0 Å². The third-order valence-electron chi connectivity index (χ3n) is 4.70. The van der Waals surface area contributed by atoms with Gasteiger partial charge in [-0.05, 0) is 36.2 Å². The highest BCUT2D eigenvalue weighted by Gasteiger charge is 2.08. The van der Waals surface area contributed by atoms with Gasteiger partial charge in [0.2, 0.25) is 0 Å². The average molecular weight is 388 g/mol. The lowest BCUT2D eigenvalue weighted by atomic mass is 10.0. The minimum absolute atomic E-state index is 0.215. The third-order valence-corrected chi connectivity index (χ3v) is 4.70. The number of pyridine rings is 1. The number of fused-ring (bicyclic) bond motifs is 1. The van der Waals surface area contributed by atoms with Gasteiger partial charge in [-0.15, -0.1) is 0 Å². The molecule has 0 aliphatic rings. The van der Waals surface area contributed by atoms with Gasteiger partial charge in [0, 0.05) is 22.8 Å². The molecule has 0 saturated carbocycles. The largest absolute Gasteiger partial charge is 0.490 e. The standard InChI is InChI=1S/C23H24N4O2/c1-16-22-10-18(7-8-23(22)27-26-16)19-9-21(12-25-11-19)29-15-20(24)14-28-13-17-5-3-2-4-6-17/h2-12,20H,13-15,24H2,1H3,(H,26,27). The molecule has 6 nitrogen and oxygen atoms in total. The maximum Gasteiger partial charge on any atom is 0.138 e. The smallest absolute Gasteiger partial charge is 0.138 e. The summed E-state index contributed by atoms with van der Waals surface area (Å²) in [5.74, 6) is 0.685. The third kappa shape index (κ3) is 4.80. The Kier molecular flexibility index (Phi) is 5.84. The van der Waals surface area contributed by atoms with Gasteiger partial charge in [0.15, 0.2) is 0 Å². The van der Waals surface area contributed by atoms with E-state index in [9.17, 15) is 0 Å². The van der Waals surface area contributed by atoms with E-state index >= 15 is 0 Å². The minimum Gasteiger partial charge on any atom is -0.490 e. The number of ether oxygens (including phenoxy) is 2. The molecule has 0 amide bonds. The fourth-order valence-corrected chi connectivity index (χ4v) is 3.13. The molecule has 0 fully saturated rings. The van der Waals surface area contributed by atoms with Gasteiger partial charge in [-0.1, -0.05) is 36.4 Å². The molecule has 3 N–H and O–H groups in total. The Morgan fingerprint density at radius 2 is 1.86 bits per heavy atom. The maximum absolute atomic E-state index is 6.12. The number of nitrogens with two attached hydrogens (primary N) is 1. The van der Waals surface area contributed by atoms with Crippen molar-refractivity contribution in [2.24, 2.45) is 5.73 Å². The quantitative estimate of drug-likeness (QED) is 0.479. The number of benzene rings is 2. The number of hydrogen-bond donors (Lipinski definition) is 2. The van der Waals surface area contributed by atoms with E-state index in [1.54, 1.807) is 6.20 Å². The van der Waals surface area contributed by atoms with Crippen LogP contribution in [0.5, 0.6) is 5.75 Å². The Labute approximate surface area is 169 Å².